The Morgan fingerprint density at radius 2 is 2.05 bits per heavy atom. The van der Waals surface area contributed by atoms with Crippen LogP contribution in [0.25, 0.3) is 11.3 Å². The highest BCUT2D eigenvalue weighted by Crippen LogP contribution is 2.24. The lowest BCUT2D eigenvalue weighted by Crippen LogP contribution is -2.22. The van der Waals surface area contributed by atoms with Gasteiger partial charge in [-0.05, 0) is 44.7 Å². The van der Waals surface area contributed by atoms with Gasteiger partial charge in [0.25, 0.3) is 0 Å². The monoisotopic (exact) mass is 289 g/mol. The summed E-state index contributed by atoms with van der Waals surface area (Å²) >= 11 is 0. The van der Waals surface area contributed by atoms with E-state index in [0.29, 0.717) is 0 Å². The zero-order chi connectivity index (χ0) is 15.2. The van der Waals surface area contributed by atoms with Crippen molar-refractivity contribution in [2.45, 2.75) is 26.0 Å². The van der Waals surface area contributed by atoms with Crippen molar-refractivity contribution in [2.24, 2.45) is 0 Å². The molecule has 0 aliphatic heterocycles. The minimum Gasteiger partial charge on any atom is -0.497 e. The average Bonchev–Trinajstić information content (AvgIpc) is 2.93. The summed E-state index contributed by atoms with van der Waals surface area (Å²) in [5.74, 6) is 0.842. The lowest BCUT2D eigenvalue weighted by molar-refractivity contribution is 0.163. The maximum atomic E-state index is 9.35. The van der Waals surface area contributed by atoms with E-state index >= 15 is 0 Å². The van der Waals surface area contributed by atoms with E-state index in [-0.39, 0.29) is 6.10 Å². The van der Waals surface area contributed by atoms with Crippen LogP contribution in [0.5, 0.6) is 5.75 Å². The van der Waals surface area contributed by atoms with Crippen LogP contribution in [0.1, 0.15) is 18.9 Å². The van der Waals surface area contributed by atoms with Crippen molar-refractivity contribution < 1.29 is 9.84 Å². The summed E-state index contributed by atoms with van der Waals surface area (Å²) in [5.41, 5.74) is 3.27. The van der Waals surface area contributed by atoms with E-state index < -0.39 is 0 Å². The van der Waals surface area contributed by atoms with Crippen LogP contribution in [0, 0.1) is 0 Å². The summed E-state index contributed by atoms with van der Waals surface area (Å²) in [6.45, 7) is 3.46. The number of aromatic amines is 1. The molecule has 2 rings (SSSR count). The smallest absolute Gasteiger partial charge is 0.118 e. The Hall–Kier alpha value is -1.85. The zero-order valence-electron chi connectivity index (χ0n) is 12.8. The molecule has 0 radical (unpaired) electrons. The number of benzene rings is 1. The van der Waals surface area contributed by atoms with Crippen molar-refractivity contribution in [2.75, 3.05) is 20.7 Å². The predicted molar refractivity (Wildman–Crippen MR) is 83.2 cm³/mol. The molecule has 0 amide bonds. The van der Waals surface area contributed by atoms with Crippen LogP contribution in [-0.4, -0.2) is 47.0 Å². The second-order valence-electron chi connectivity index (χ2n) is 5.37. The molecule has 0 spiro atoms. The van der Waals surface area contributed by atoms with Crippen LogP contribution >= 0.6 is 0 Å². The topological polar surface area (TPSA) is 61.4 Å². The molecule has 1 heterocycles. The molecule has 1 aromatic carbocycles. The number of aromatic nitrogens is 2. The Kier molecular flexibility index (Phi) is 5.36. The van der Waals surface area contributed by atoms with Crippen LogP contribution < -0.4 is 4.74 Å². The van der Waals surface area contributed by atoms with Crippen molar-refractivity contribution in [1.82, 2.24) is 15.1 Å². The SMILES string of the molecule is COc1ccc(-c2[nH]ncc2CN(C)CCC(C)O)cc1. The molecule has 5 nitrogen and oxygen atoms in total. The Morgan fingerprint density at radius 1 is 1.33 bits per heavy atom. The standard InChI is InChI=1S/C16H23N3O2/c1-12(20)8-9-19(2)11-14-10-17-18-16(14)13-4-6-15(21-3)7-5-13/h4-7,10,12,20H,8-9,11H2,1-3H3,(H,17,18). The fraction of sp³-hybridized carbons (Fsp3) is 0.438. The minimum absolute atomic E-state index is 0.266. The van der Waals surface area contributed by atoms with Gasteiger partial charge in [0, 0.05) is 24.2 Å². The van der Waals surface area contributed by atoms with Gasteiger partial charge in [0.2, 0.25) is 0 Å². The molecule has 0 fully saturated rings. The van der Waals surface area contributed by atoms with Gasteiger partial charge < -0.3 is 14.7 Å². The first kappa shape index (κ1) is 15.5. The van der Waals surface area contributed by atoms with E-state index in [1.807, 2.05) is 44.4 Å². The van der Waals surface area contributed by atoms with Gasteiger partial charge in [0.1, 0.15) is 5.75 Å². The molecule has 0 bridgehead atoms. The van der Waals surface area contributed by atoms with E-state index in [1.54, 1.807) is 7.11 Å². The summed E-state index contributed by atoms with van der Waals surface area (Å²) in [7, 11) is 3.71. The summed E-state index contributed by atoms with van der Waals surface area (Å²) in [6, 6.07) is 7.92. The number of rotatable bonds is 7. The van der Waals surface area contributed by atoms with E-state index in [9.17, 15) is 5.11 Å². The van der Waals surface area contributed by atoms with Gasteiger partial charge >= 0.3 is 0 Å². The molecular formula is C16H23N3O2. The zero-order valence-corrected chi connectivity index (χ0v) is 12.8. The number of hydrogen-bond donors (Lipinski definition) is 2. The van der Waals surface area contributed by atoms with Crippen LogP contribution in [0.15, 0.2) is 30.5 Å². The molecule has 0 aliphatic rings. The quantitative estimate of drug-likeness (QED) is 0.821. The third-order valence-electron chi connectivity index (χ3n) is 3.47. The molecule has 0 saturated carbocycles. The first-order valence-corrected chi connectivity index (χ1v) is 7.13. The van der Waals surface area contributed by atoms with E-state index in [4.69, 9.17) is 4.74 Å². The third-order valence-corrected chi connectivity index (χ3v) is 3.47. The summed E-state index contributed by atoms with van der Waals surface area (Å²) < 4.78 is 5.18. The first-order valence-electron chi connectivity index (χ1n) is 7.13. The number of nitrogens with zero attached hydrogens (tertiary/aromatic N) is 2. The molecule has 1 atom stereocenters. The number of ether oxygens (including phenoxy) is 1. The number of nitrogens with one attached hydrogen (secondary N) is 1. The van der Waals surface area contributed by atoms with Gasteiger partial charge in [-0.1, -0.05) is 0 Å². The molecule has 2 aromatic rings. The molecule has 5 heteroatoms. The molecule has 1 aromatic heterocycles. The number of aliphatic hydroxyl groups excluding tert-OH is 1. The molecule has 1 unspecified atom stereocenters. The fourth-order valence-corrected chi connectivity index (χ4v) is 2.22. The Bertz CT molecular complexity index is 549. The van der Waals surface area contributed by atoms with Gasteiger partial charge in [-0.25, -0.2) is 0 Å². The van der Waals surface area contributed by atoms with Gasteiger partial charge in [0.15, 0.2) is 0 Å². The lowest BCUT2D eigenvalue weighted by Gasteiger charge is -2.17. The molecule has 21 heavy (non-hydrogen) atoms. The summed E-state index contributed by atoms with van der Waals surface area (Å²) in [5, 5.41) is 16.6. The average molecular weight is 289 g/mol. The Balaban J connectivity index is 2.07. The van der Waals surface area contributed by atoms with Gasteiger partial charge in [-0.3, -0.25) is 5.10 Å². The first-order chi connectivity index (χ1) is 10.1. The highest BCUT2D eigenvalue weighted by molar-refractivity contribution is 5.63. The van der Waals surface area contributed by atoms with Crippen LogP contribution in [0.4, 0.5) is 0 Å². The predicted octanol–water partition coefficient (Wildman–Crippen LogP) is 2.29. The maximum Gasteiger partial charge on any atom is 0.118 e. The second kappa shape index (κ2) is 7.24. The number of methoxy groups -OCH3 is 1. The minimum atomic E-state index is -0.266. The molecule has 114 valence electrons. The maximum absolute atomic E-state index is 9.35. The number of hydrogen-bond acceptors (Lipinski definition) is 4. The summed E-state index contributed by atoms with van der Waals surface area (Å²) in [4.78, 5) is 2.19. The van der Waals surface area contributed by atoms with Crippen molar-refractivity contribution in [1.29, 1.82) is 0 Å². The van der Waals surface area contributed by atoms with Crippen molar-refractivity contribution in [3.8, 4) is 17.0 Å². The highest BCUT2D eigenvalue weighted by atomic mass is 16.5. The van der Waals surface area contributed by atoms with E-state index in [2.05, 4.69) is 15.1 Å². The van der Waals surface area contributed by atoms with Gasteiger partial charge in [0.05, 0.1) is 25.1 Å². The van der Waals surface area contributed by atoms with Crippen LogP contribution in [-0.2, 0) is 6.54 Å². The molecular weight excluding hydrogens is 266 g/mol. The Morgan fingerprint density at radius 3 is 2.67 bits per heavy atom. The van der Waals surface area contributed by atoms with Crippen LogP contribution in [0.2, 0.25) is 0 Å². The normalized spacial score (nSPS) is 12.6. The largest absolute Gasteiger partial charge is 0.497 e. The highest BCUT2D eigenvalue weighted by Gasteiger charge is 2.10. The van der Waals surface area contributed by atoms with Gasteiger partial charge in [-0.2, -0.15) is 5.10 Å². The van der Waals surface area contributed by atoms with Crippen LogP contribution in [0.3, 0.4) is 0 Å². The van der Waals surface area contributed by atoms with Crippen molar-refractivity contribution in [3.63, 3.8) is 0 Å². The number of aliphatic hydroxyl groups is 1. The lowest BCUT2D eigenvalue weighted by atomic mass is 10.1. The second-order valence-corrected chi connectivity index (χ2v) is 5.37. The molecule has 0 aliphatic carbocycles. The summed E-state index contributed by atoms with van der Waals surface area (Å²) in [6.07, 6.45) is 2.36. The Labute approximate surface area is 125 Å². The number of H-pyrrole nitrogens is 1. The third kappa shape index (κ3) is 4.31. The molecule has 0 saturated heterocycles. The van der Waals surface area contributed by atoms with E-state index in [1.165, 1.54) is 0 Å². The van der Waals surface area contributed by atoms with E-state index in [0.717, 1.165) is 42.1 Å². The van der Waals surface area contributed by atoms with Crippen molar-refractivity contribution >= 4 is 0 Å². The fourth-order valence-electron chi connectivity index (χ4n) is 2.22. The van der Waals surface area contributed by atoms with Gasteiger partial charge in [-0.15, -0.1) is 0 Å². The van der Waals surface area contributed by atoms with Crippen molar-refractivity contribution in [3.05, 3.63) is 36.0 Å². The molecule has 2 N–H and O–H groups in total.